The molecule has 0 amide bonds. The van der Waals surface area contributed by atoms with Gasteiger partial charge in [0.05, 0.1) is 17.7 Å². The highest BCUT2D eigenvalue weighted by molar-refractivity contribution is 6.30. The van der Waals surface area contributed by atoms with E-state index < -0.39 is 30.4 Å². The molecule has 1 heterocycles. The van der Waals surface area contributed by atoms with E-state index in [4.69, 9.17) is 16.3 Å². The fourth-order valence-electron chi connectivity index (χ4n) is 3.61. The highest BCUT2D eigenvalue weighted by Crippen LogP contribution is 2.34. The van der Waals surface area contributed by atoms with Gasteiger partial charge in [-0.15, -0.1) is 0 Å². The molecule has 2 N–H and O–H groups in total. The van der Waals surface area contributed by atoms with Gasteiger partial charge in [0.2, 0.25) is 6.10 Å². The molecule has 0 fully saturated rings. The number of rotatable bonds is 8. The third-order valence-electron chi connectivity index (χ3n) is 5.20. The Hall–Kier alpha value is -4.56. The van der Waals surface area contributed by atoms with Crippen LogP contribution in [0, 0.1) is 0 Å². The van der Waals surface area contributed by atoms with Gasteiger partial charge < -0.3 is 14.9 Å². The molecule has 0 saturated carbocycles. The molecule has 1 unspecified atom stereocenters. The van der Waals surface area contributed by atoms with Gasteiger partial charge in [-0.1, -0.05) is 60.1 Å². The van der Waals surface area contributed by atoms with E-state index in [9.17, 15) is 24.6 Å². The zero-order valence-electron chi connectivity index (χ0n) is 18.7. The molecule has 36 heavy (non-hydrogen) atoms. The minimum absolute atomic E-state index is 0.0691. The number of hydrogen-bond acceptors (Lipinski definition) is 6. The topological polar surface area (TPSA) is 127 Å². The smallest absolute Gasteiger partial charge is 0.351 e. The molecule has 4 aromatic rings. The molecule has 8 nitrogen and oxygen atoms in total. The van der Waals surface area contributed by atoms with Crippen LogP contribution in [0.4, 0.5) is 0 Å². The first kappa shape index (κ1) is 24.6. The number of carbonyl (C=O) groups is 3. The van der Waals surface area contributed by atoms with Gasteiger partial charge in [-0.2, -0.15) is 0 Å². The van der Waals surface area contributed by atoms with Gasteiger partial charge in [-0.25, -0.2) is 19.6 Å². The van der Waals surface area contributed by atoms with E-state index in [1.165, 1.54) is 12.1 Å². The number of esters is 1. The van der Waals surface area contributed by atoms with Crippen molar-refractivity contribution in [2.45, 2.75) is 12.5 Å². The van der Waals surface area contributed by atoms with Crippen LogP contribution < -0.4 is 0 Å². The minimum Gasteiger partial charge on any atom is -0.481 e. The summed E-state index contributed by atoms with van der Waals surface area (Å²) in [5, 5.41) is 20.1. The van der Waals surface area contributed by atoms with Crippen LogP contribution in [0.5, 0.6) is 0 Å². The van der Waals surface area contributed by atoms with E-state index in [1.807, 2.05) is 0 Å². The quantitative estimate of drug-likeness (QED) is 0.319. The molecule has 0 bridgehead atoms. The molecule has 9 heteroatoms. The minimum atomic E-state index is -1.84. The lowest BCUT2D eigenvalue weighted by Gasteiger charge is -2.20. The zero-order chi connectivity index (χ0) is 25.7. The Morgan fingerprint density at radius 2 is 1.42 bits per heavy atom. The van der Waals surface area contributed by atoms with Crippen molar-refractivity contribution < 1.29 is 29.3 Å². The summed E-state index contributed by atoms with van der Waals surface area (Å²) in [5.41, 5.74) is 1.21. The summed E-state index contributed by atoms with van der Waals surface area (Å²) in [7, 11) is 0. The lowest BCUT2D eigenvalue weighted by atomic mass is 9.96. The van der Waals surface area contributed by atoms with Gasteiger partial charge in [0.25, 0.3) is 0 Å². The maximum atomic E-state index is 12.8. The standard InChI is InChI=1S/C27H19ClN2O6/c28-19-13-11-17(12-14-19)25-29-20(15-21(31)32)22(16-7-3-1-4-8-16)23(30-25)24(26(33)34)36-27(35)18-9-5-2-6-10-18/h1-14,24H,15H2,(H,31,32)(H,33,34). The van der Waals surface area contributed by atoms with Crippen molar-refractivity contribution in [3.05, 3.63) is 107 Å². The Morgan fingerprint density at radius 3 is 2.00 bits per heavy atom. The van der Waals surface area contributed by atoms with Crippen LogP contribution in [-0.4, -0.2) is 38.1 Å². The third kappa shape index (κ3) is 5.56. The fraction of sp³-hybridized carbons (Fsp3) is 0.0741. The van der Waals surface area contributed by atoms with Gasteiger partial charge >= 0.3 is 17.9 Å². The summed E-state index contributed by atoms with van der Waals surface area (Å²) >= 11 is 5.99. The maximum absolute atomic E-state index is 12.8. The molecule has 0 aliphatic heterocycles. The number of ether oxygens (including phenoxy) is 1. The van der Waals surface area contributed by atoms with Crippen LogP contribution in [0.2, 0.25) is 5.02 Å². The predicted octanol–water partition coefficient (Wildman–Crippen LogP) is 5.07. The Morgan fingerprint density at radius 1 is 0.806 bits per heavy atom. The molecule has 0 radical (unpaired) electrons. The molecular formula is C27H19ClN2O6. The van der Waals surface area contributed by atoms with E-state index in [1.54, 1.807) is 72.8 Å². The summed E-state index contributed by atoms with van der Waals surface area (Å²) in [6.45, 7) is 0. The van der Waals surface area contributed by atoms with Crippen molar-refractivity contribution >= 4 is 29.5 Å². The Balaban J connectivity index is 1.95. The number of nitrogens with zero attached hydrogens (tertiary/aromatic N) is 2. The van der Waals surface area contributed by atoms with Crippen molar-refractivity contribution in [3.8, 4) is 22.5 Å². The number of benzene rings is 3. The predicted molar refractivity (Wildman–Crippen MR) is 131 cm³/mol. The van der Waals surface area contributed by atoms with E-state index in [-0.39, 0.29) is 28.3 Å². The molecule has 4 rings (SSSR count). The molecule has 0 aliphatic carbocycles. The SMILES string of the molecule is O=C(O)Cc1nc(-c2ccc(Cl)cc2)nc(C(OC(=O)c2ccccc2)C(=O)O)c1-c1ccccc1. The third-order valence-corrected chi connectivity index (χ3v) is 5.45. The van der Waals surface area contributed by atoms with Crippen LogP contribution in [0.3, 0.4) is 0 Å². The van der Waals surface area contributed by atoms with E-state index in [0.29, 0.717) is 16.1 Å². The van der Waals surface area contributed by atoms with Crippen molar-refractivity contribution in [2.24, 2.45) is 0 Å². The average Bonchev–Trinajstić information content (AvgIpc) is 2.87. The first-order chi connectivity index (χ1) is 17.3. The first-order valence-corrected chi connectivity index (χ1v) is 11.1. The maximum Gasteiger partial charge on any atom is 0.351 e. The van der Waals surface area contributed by atoms with Crippen molar-refractivity contribution in [3.63, 3.8) is 0 Å². The molecule has 0 spiro atoms. The Kier molecular flexibility index (Phi) is 7.36. The monoisotopic (exact) mass is 502 g/mol. The largest absolute Gasteiger partial charge is 0.481 e. The Bertz CT molecular complexity index is 1410. The van der Waals surface area contributed by atoms with Crippen molar-refractivity contribution in [1.82, 2.24) is 9.97 Å². The molecule has 3 aromatic carbocycles. The van der Waals surface area contributed by atoms with Gasteiger partial charge in [-0.3, -0.25) is 4.79 Å². The molecular weight excluding hydrogens is 484 g/mol. The second kappa shape index (κ2) is 10.8. The molecule has 0 saturated heterocycles. The highest BCUT2D eigenvalue weighted by Gasteiger charge is 2.32. The number of aromatic nitrogens is 2. The number of aliphatic carboxylic acids is 2. The van der Waals surface area contributed by atoms with Gasteiger partial charge in [-0.05, 0) is 42.0 Å². The zero-order valence-corrected chi connectivity index (χ0v) is 19.4. The summed E-state index contributed by atoms with van der Waals surface area (Å²) in [4.78, 5) is 45.9. The van der Waals surface area contributed by atoms with Crippen molar-refractivity contribution in [2.75, 3.05) is 0 Å². The molecule has 1 atom stereocenters. The Labute approximate surface area is 210 Å². The first-order valence-electron chi connectivity index (χ1n) is 10.8. The fourth-order valence-corrected chi connectivity index (χ4v) is 3.73. The van der Waals surface area contributed by atoms with Gasteiger partial charge in [0.15, 0.2) is 5.82 Å². The van der Waals surface area contributed by atoms with Gasteiger partial charge in [0.1, 0.15) is 5.69 Å². The summed E-state index contributed by atoms with van der Waals surface area (Å²) in [6.07, 6.45) is -2.35. The summed E-state index contributed by atoms with van der Waals surface area (Å²) < 4.78 is 5.42. The molecule has 0 aliphatic rings. The van der Waals surface area contributed by atoms with E-state index >= 15 is 0 Å². The van der Waals surface area contributed by atoms with Crippen LogP contribution in [0.25, 0.3) is 22.5 Å². The van der Waals surface area contributed by atoms with E-state index in [2.05, 4.69) is 9.97 Å². The second-order valence-electron chi connectivity index (χ2n) is 7.69. The van der Waals surface area contributed by atoms with Gasteiger partial charge in [0, 0.05) is 16.1 Å². The second-order valence-corrected chi connectivity index (χ2v) is 8.12. The van der Waals surface area contributed by atoms with Crippen LogP contribution in [-0.2, 0) is 20.7 Å². The lowest BCUT2D eigenvalue weighted by Crippen LogP contribution is -2.23. The van der Waals surface area contributed by atoms with Crippen LogP contribution in [0.15, 0.2) is 84.9 Å². The number of carboxylic acid groups (broad SMARTS) is 2. The number of carboxylic acids is 2. The number of carbonyl (C=O) groups excluding carboxylic acids is 1. The van der Waals surface area contributed by atoms with Crippen molar-refractivity contribution in [1.29, 1.82) is 0 Å². The number of hydrogen-bond donors (Lipinski definition) is 2. The van der Waals surface area contributed by atoms with Crippen LogP contribution in [0.1, 0.15) is 27.8 Å². The summed E-state index contributed by atoms with van der Waals surface area (Å²) in [5.74, 6) is -3.45. The average molecular weight is 503 g/mol. The highest BCUT2D eigenvalue weighted by atomic mass is 35.5. The normalized spacial score (nSPS) is 11.5. The molecule has 1 aromatic heterocycles. The lowest BCUT2D eigenvalue weighted by molar-refractivity contribution is -0.147. The van der Waals surface area contributed by atoms with E-state index in [0.717, 1.165) is 0 Å². The summed E-state index contributed by atoms with van der Waals surface area (Å²) in [6, 6.07) is 22.9. The molecule has 180 valence electrons. The van der Waals surface area contributed by atoms with Crippen LogP contribution >= 0.6 is 11.6 Å². The number of halogens is 1.